The third-order valence-corrected chi connectivity index (χ3v) is 6.37. The lowest BCUT2D eigenvalue weighted by atomic mass is 9.91. The number of hydrogen-bond acceptors (Lipinski definition) is 5. The predicted octanol–water partition coefficient (Wildman–Crippen LogP) is 3.31. The van der Waals surface area contributed by atoms with E-state index in [2.05, 4.69) is 18.8 Å². The van der Waals surface area contributed by atoms with Crippen molar-refractivity contribution in [3.05, 3.63) is 16.1 Å². The highest BCUT2D eigenvalue weighted by molar-refractivity contribution is 7.13. The molecule has 2 aliphatic heterocycles. The van der Waals surface area contributed by atoms with Crippen LogP contribution in [0.1, 0.15) is 54.2 Å². The number of carbonyl (C=O) groups is 2. The first-order chi connectivity index (χ1) is 12.0. The van der Waals surface area contributed by atoms with Crippen molar-refractivity contribution in [1.82, 2.24) is 14.8 Å². The van der Waals surface area contributed by atoms with Crippen LogP contribution < -0.4 is 0 Å². The van der Waals surface area contributed by atoms with Gasteiger partial charge in [0.05, 0.1) is 17.7 Å². The van der Waals surface area contributed by atoms with Crippen molar-refractivity contribution in [2.75, 3.05) is 26.2 Å². The van der Waals surface area contributed by atoms with Gasteiger partial charge in [-0.1, -0.05) is 26.7 Å². The van der Waals surface area contributed by atoms with Crippen molar-refractivity contribution in [3.63, 3.8) is 0 Å². The first-order valence-corrected chi connectivity index (χ1v) is 9.97. The number of aromatic nitrogens is 1. The number of amides is 2. The van der Waals surface area contributed by atoms with Crippen LogP contribution in [0.5, 0.6) is 0 Å². The molecule has 0 aliphatic carbocycles. The highest BCUT2D eigenvalue weighted by atomic mass is 32.1. The van der Waals surface area contributed by atoms with Crippen LogP contribution >= 0.6 is 11.3 Å². The molecule has 1 aromatic rings. The zero-order chi connectivity index (χ0) is 18.0. The van der Waals surface area contributed by atoms with Gasteiger partial charge in [-0.15, -0.1) is 11.3 Å². The number of thiazole rings is 1. The lowest BCUT2D eigenvalue weighted by molar-refractivity contribution is 0.00325. The Labute approximate surface area is 153 Å². The average molecular weight is 365 g/mol. The smallest absolute Gasteiger partial charge is 0.410 e. The molecule has 2 amide bonds. The van der Waals surface area contributed by atoms with Gasteiger partial charge >= 0.3 is 6.09 Å². The Morgan fingerprint density at radius 1 is 1.36 bits per heavy atom. The Kier molecular flexibility index (Phi) is 5.32. The number of ether oxygens (including phenoxy) is 1. The minimum absolute atomic E-state index is 0.0404. The van der Waals surface area contributed by atoms with E-state index in [1.54, 1.807) is 6.20 Å². The van der Waals surface area contributed by atoms with Gasteiger partial charge < -0.3 is 14.5 Å². The number of nitrogens with zero attached hydrogens (tertiary/aromatic N) is 3. The molecule has 6 nitrogen and oxygen atoms in total. The van der Waals surface area contributed by atoms with Crippen LogP contribution in [0.25, 0.3) is 0 Å². The van der Waals surface area contributed by atoms with Crippen molar-refractivity contribution in [2.45, 2.75) is 52.1 Å². The molecule has 1 spiro atoms. The molecule has 2 aliphatic rings. The van der Waals surface area contributed by atoms with Crippen LogP contribution in [-0.4, -0.2) is 58.6 Å². The molecule has 25 heavy (non-hydrogen) atoms. The number of likely N-dealkylation sites (tertiary alicyclic amines) is 1. The molecule has 0 unspecified atom stereocenters. The summed E-state index contributed by atoms with van der Waals surface area (Å²) in [6, 6.07) is 0. The third-order valence-electron chi connectivity index (χ3n) is 5.47. The standard InChI is InChI=1S/C18H27N3O3S/c1-4-14(5-2)11-21-12-18(24-17(21)23)6-8-20(9-7-18)16(22)15-10-19-13(3)25-15/h10,14H,4-9,11-12H2,1-3H3. The Balaban J connectivity index is 1.58. The van der Waals surface area contributed by atoms with Crippen LogP contribution in [0.2, 0.25) is 0 Å². The second-order valence-electron chi connectivity index (χ2n) is 7.15. The summed E-state index contributed by atoms with van der Waals surface area (Å²) in [7, 11) is 0. The van der Waals surface area contributed by atoms with Gasteiger partial charge in [-0.2, -0.15) is 0 Å². The van der Waals surface area contributed by atoms with E-state index in [0.717, 1.165) is 24.4 Å². The number of aryl methyl sites for hydroxylation is 1. The number of rotatable bonds is 5. The first-order valence-electron chi connectivity index (χ1n) is 9.16. The fraction of sp³-hybridized carbons (Fsp3) is 0.722. The molecule has 7 heteroatoms. The van der Waals surface area contributed by atoms with E-state index in [0.29, 0.717) is 43.3 Å². The van der Waals surface area contributed by atoms with Crippen LogP contribution in [0.3, 0.4) is 0 Å². The highest BCUT2D eigenvalue weighted by Crippen LogP contribution is 2.34. The third kappa shape index (κ3) is 3.81. The van der Waals surface area contributed by atoms with Crippen LogP contribution in [-0.2, 0) is 4.74 Å². The molecule has 0 radical (unpaired) electrons. The summed E-state index contributed by atoms with van der Waals surface area (Å²) in [5.41, 5.74) is -0.413. The summed E-state index contributed by atoms with van der Waals surface area (Å²) in [6.45, 7) is 8.91. The molecule has 3 heterocycles. The summed E-state index contributed by atoms with van der Waals surface area (Å²) in [5.74, 6) is 0.567. The molecule has 1 aromatic heterocycles. The van der Waals surface area contributed by atoms with Gasteiger partial charge in [0.1, 0.15) is 10.5 Å². The van der Waals surface area contributed by atoms with E-state index in [1.165, 1.54) is 11.3 Å². The number of hydrogen-bond donors (Lipinski definition) is 0. The predicted molar refractivity (Wildman–Crippen MR) is 96.8 cm³/mol. The first kappa shape index (κ1) is 18.2. The van der Waals surface area contributed by atoms with Crippen LogP contribution in [0, 0.1) is 12.8 Å². The molecular formula is C18H27N3O3S. The number of carbonyl (C=O) groups excluding carboxylic acids is 2. The normalized spacial score (nSPS) is 19.8. The molecule has 0 atom stereocenters. The van der Waals surface area contributed by atoms with Gasteiger partial charge in [-0.25, -0.2) is 9.78 Å². The molecule has 3 rings (SSSR count). The maximum Gasteiger partial charge on any atom is 0.410 e. The van der Waals surface area contributed by atoms with Crippen molar-refractivity contribution < 1.29 is 14.3 Å². The quantitative estimate of drug-likeness (QED) is 0.803. The molecule has 0 bridgehead atoms. The summed E-state index contributed by atoms with van der Waals surface area (Å²) in [4.78, 5) is 33.4. The van der Waals surface area contributed by atoms with Crippen molar-refractivity contribution in [1.29, 1.82) is 0 Å². The largest absolute Gasteiger partial charge is 0.441 e. The van der Waals surface area contributed by atoms with Gasteiger partial charge in [0.2, 0.25) is 0 Å². The second-order valence-corrected chi connectivity index (χ2v) is 8.38. The Morgan fingerprint density at radius 2 is 2.04 bits per heavy atom. The van der Waals surface area contributed by atoms with Crippen molar-refractivity contribution >= 4 is 23.3 Å². The molecule has 0 aromatic carbocycles. The second kappa shape index (κ2) is 7.32. The molecule has 2 fully saturated rings. The van der Waals surface area contributed by atoms with Gasteiger partial charge in [0.25, 0.3) is 5.91 Å². The Hall–Kier alpha value is -1.63. The molecular weight excluding hydrogens is 338 g/mol. The molecule has 0 saturated carbocycles. The van der Waals surface area contributed by atoms with E-state index < -0.39 is 5.60 Å². The molecule has 138 valence electrons. The maximum atomic E-state index is 12.5. The topological polar surface area (TPSA) is 62.7 Å². The van der Waals surface area contributed by atoms with E-state index in [1.807, 2.05) is 16.7 Å². The summed E-state index contributed by atoms with van der Waals surface area (Å²) >= 11 is 1.43. The minimum Gasteiger partial charge on any atom is -0.441 e. The summed E-state index contributed by atoms with van der Waals surface area (Å²) < 4.78 is 5.77. The van der Waals surface area contributed by atoms with Crippen molar-refractivity contribution in [2.24, 2.45) is 5.92 Å². The zero-order valence-electron chi connectivity index (χ0n) is 15.3. The zero-order valence-corrected chi connectivity index (χ0v) is 16.1. The fourth-order valence-electron chi connectivity index (χ4n) is 3.69. The van der Waals surface area contributed by atoms with Gasteiger partial charge in [-0.3, -0.25) is 4.79 Å². The fourth-order valence-corrected chi connectivity index (χ4v) is 4.43. The Morgan fingerprint density at radius 3 is 2.60 bits per heavy atom. The lowest BCUT2D eigenvalue weighted by Crippen LogP contribution is -2.48. The SMILES string of the molecule is CCC(CC)CN1CC2(CCN(C(=O)c3cnc(C)s3)CC2)OC1=O. The van der Waals surface area contributed by atoms with Gasteiger partial charge in [0.15, 0.2) is 0 Å². The summed E-state index contributed by atoms with van der Waals surface area (Å²) in [5, 5.41) is 0.901. The average Bonchev–Trinajstić information content (AvgIpc) is 3.16. The molecule has 0 N–H and O–H groups in total. The van der Waals surface area contributed by atoms with E-state index in [9.17, 15) is 9.59 Å². The monoisotopic (exact) mass is 365 g/mol. The van der Waals surface area contributed by atoms with E-state index in [-0.39, 0.29) is 12.0 Å². The van der Waals surface area contributed by atoms with Gasteiger partial charge in [0, 0.05) is 32.5 Å². The Bertz CT molecular complexity index is 633. The van der Waals surface area contributed by atoms with Crippen molar-refractivity contribution in [3.8, 4) is 0 Å². The maximum absolute atomic E-state index is 12.5. The van der Waals surface area contributed by atoms with Crippen LogP contribution in [0.15, 0.2) is 6.20 Å². The van der Waals surface area contributed by atoms with E-state index >= 15 is 0 Å². The number of piperidine rings is 1. The minimum atomic E-state index is -0.413. The van der Waals surface area contributed by atoms with Crippen LogP contribution in [0.4, 0.5) is 4.79 Å². The lowest BCUT2D eigenvalue weighted by Gasteiger charge is -2.37. The molecule has 2 saturated heterocycles. The van der Waals surface area contributed by atoms with Gasteiger partial charge in [-0.05, 0) is 12.8 Å². The highest BCUT2D eigenvalue weighted by Gasteiger charge is 2.47. The summed E-state index contributed by atoms with van der Waals surface area (Å²) in [6.07, 6.45) is 5.03. The van der Waals surface area contributed by atoms with E-state index in [4.69, 9.17) is 4.74 Å².